The standard InChI is InChI=1S/C17H35NO/c1-6-14(7-2)12-19-17(13-18)10-8-15(9-11-17)16(3,4)5/h14-15H,6-13,18H2,1-5H3. The van der Waals surface area contributed by atoms with Gasteiger partial charge in [0.05, 0.1) is 12.2 Å². The fourth-order valence-corrected chi connectivity index (χ4v) is 3.24. The van der Waals surface area contributed by atoms with Crippen LogP contribution in [0.5, 0.6) is 0 Å². The van der Waals surface area contributed by atoms with Gasteiger partial charge in [0.25, 0.3) is 0 Å². The average Bonchev–Trinajstić information content (AvgIpc) is 2.39. The van der Waals surface area contributed by atoms with Crippen LogP contribution >= 0.6 is 0 Å². The quantitative estimate of drug-likeness (QED) is 0.777. The molecule has 0 radical (unpaired) electrons. The van der Waals surface area contributed by atoms with Crippen molar-refractivity contribution < 1.29 is 4.74 Å². The molecule has 2 heteroatoms. The van der Waals surface area contributed by atoms with Crippen molar-refractivity contribution in [2.75, 3.05) is 13.2 Å². The van der Waals surface area contributed by atoms with E-state index in [1.54, 1.807) is 0 Å². The van der Waals surface area contributed by atoms with Crippen LogP contribution in [-0.4, -0.2) is 18.8 Å². The summed E-state index contributed by atoms with van der Waals surface area (Å²) in [7, 11) is 0. The van der Waals surface area contributed by atoms with Gasteiger partial charge in [-0.25, -0.2) is 0 Å². The highest BCUT2D eigenvalue weighted by molar-refractivity contribution is 4.91. The monoisotopic (exact) mass is 269 g/mol. The molecule has 1 aliphatic rings. The molecule has 0 aromatic heterocycles. The van der Waals surface area contributed by atoms with Crippen molar-refractivity contribution in [1.29, 1.82) is 0 Å². The summed E-state index contributed by atoms with van der Waals surface area (Å²) in [6, 6.07) is 0. The van der Waals surface area contributed by atoms with Crippen LogP contribution in [0.15, 0.2) is 0 Å². The first-order valence-corrected chi connectivity index (χ1v) is 8.21. The summed E-state index contributed by atoms with van der Waals surface area (Å²) in [6.07, 6.45) is 7.24. The summed E-state index contributed by atoms with van der Waals surface area (Å²) >= 11 is 0. The van der Waals surface area contributed by atoms with Crippen LogP contribution < -0.4 is 5.73 Å². The Hall–Kier alpha value is -0.0800. The van der Waals surface area contributed by atoms with E-state index < -0.39 is 0 Å². The summed E-state index contributed by atoms with van der Waals surface area (Å²) < 4.78 is 6.30. The Labute approximate surface area is 120 Å². The first-order valence-electron chi connectivity index (χ1n) is 8.21. The zero-order valence-electron chi connectivity index (χ0n) is 13.8. The summed E-state index contributed by atoms with van der Waals surface area (Å²) in [5.74, 6) is 1.52. The number of ether oxygens (including phenoxy) is 1. The van der Waals surface area contributed by atoms with E-state index in [0.29, 0.717) is 17.9 Å². The number of hydrogen-bond acceptors (Lipinski definition) is 2. The zero-order valence-corrected chi connectivity index (χ0v) is 13.8. The van der Waals surface area contributed by atoms with Crippen LogP contribution in [0.3, 0.4) is 0 Å². The summed E-state index contributed by atoms with van der Waals surface area (Å²) in [4.78, 5) is 0. The molecule has 0 amide bonds. The maximum Gasteiger partial charge on any atom is 0.0804 e. The first-order chi connectivity index (χ1) is 8.87. The predicted molar refractivity (Wildman–Crippen MR) is 83.2 cm³/mol. The molecule has 0 saturated heterocycles. The second-order valence-corrected chi connectivity index (χ2v) is 7.52. The van der Waals surface area contributed by atoms with Gasteiger partial charge in [-0.15, -0.1) is 0 Å². The Morgan fingerprint density at radius 3 is 2.05 bits per heavy atom. The molecule has 1 fully saturated rings. The SMILES string of the molecule is CCC(CC)COC1(CN)CCC(C(C)(C)C)CC1. The third-order valence-electron chi connectivity index (χ3n) is 5.27. The highest BCUT2D eigenvalue weighted by Crippen LogP contribution is 2.42. The van der Waals surface area contributed by atoms with E-state index in [1.807, 2.05) is 0 Å². The molecule has 0 aromatic carbocycles. The highest BCUT2D eigenvalue weighted by Gasteiger charge is 2.38. The molecule has 1 rings (SSSR count). The van der Waals surface area contributed by atoms with Crippen molar-refractivity contribution >= 4 is 0 Å². The fraction of sp³-hybridized carbons (Fsp3) is 1.00. The molecular weight excluding hydrogens is 234 g/mol. The summed E-state index contributed by atoms with van der Waals surface area (Å²) in [5.41, 5.74) is 6.44. The lowest BCUT2D eigenvalue weighted by Gasteiger charge is -2.44. The van der Waals surface area contributed by atoms with Crippen LogP contribution in [0.4, 0.5) is 0 Å². The molecule has 0 unspecified atom stereocenters. The van der Waals surface area contributed by atoms with Crippen LogP contribution in [0.2, 0.25) is 0 Å². The van der Waals surface area contributed by atoms with E-state index in [-0.39, 0.29) is 5.60 Å². The Bertz CT molecular complexity index is 244. The van der Waals surface area contributed by atoms with Crippen molar-refractivity contribution in [3.8, 4) is 0 Å². The van der Waals surface area contributed by atoms with E-state index in [0.717, 1.165) is 25.4 Å². The predicted octanol–water partition coefficient (Wildman–Crippen LogP) is 4.37. The fourth-order valence-electron chi connectivity index (χ4n) is 3.24. The largest absolute Gasteiger partial charge is 0.373 e. The van der Waals surface area contributed by atoms with Gasteiger partial charge in [0, 0.05) is 6.54 Å². The van der Waals surface area contributed by atoms with Gasteiger partial charge in [0.1, 0.15) is 0 Å². The van der Waals surface area contributed by atoms with Gasteiger partial charge in [-0.1, -0.05) is 47.5 Å². The van der Waals surface area contributed by atoms with E-state index >= 15 is 0 Å². The van der Waals surface area contributed by atoms with Crippen LogP contribution in [0.1, 0.15) is 73.1 Å². The van der Waals surface area contributed by atoms with Crippen molar-refractivity contribution in [1.82, 2.24) is 0 Å². The van der Waals surface area contributed by atoms with E-state index in [4.69, 9.17) is 10.5 Å². The van der Waals surface area contributed by atoms with Gasteiger partial charge in [-0.3, -0.25) is 0 Å². The Morgan fingerprint density at radius 2 is 1.68 bits per heavy atom. The first kappa shape index (κ1) is 17.0. The maximum atomic E-state index is 6.30. The average molecular weight is 269 g/mol. The normalized spacial score (nSPS) is 28.9. The molecule has 0 heterocycles. The molecule has 0 spiro atoms. The van der Waals surface area contributed by atoms with Crippen LogP contribution in [0, 0.1) is 17.3 Å². The molecule has 19 heavy (non-hydrogen) atoms. The van der Waals surface area contributed by atoms with Gasteiger partial charge in [-0.05, 0) is 42.9 Å². The van der Waals surface area contributed by atoms with E-state index in [9.17, 15) is 0 Å². The Kier molecular flexibility index (Phi) is 6.32. The molecule has 1 aliphatic carbocycles. The molecule has 0 aliphatic heterocycles. The highest BCUT2D eigenvalue weighted by atomic mass is 16.5. The summed E-state index contributed by atoms with van der Waals surface area (Å²) in [5, 5.41) is 0. The molecular formula is C17H35NO. The Morgan fingerprint density at radius 1 is 1.16 bits per heavy atom. The minimum Gasteiger partial charge on any atom is -0.373 e. The van der Waals surface area contributed by atoms with Crippen molar-refractivity contribution in [2.24, 2.45) is 23.0 Å². The van der Waals surface area contributed by atoms with Crippen molar-refractivity contribution in [3.63, 3.8) is 0 Å². The molecule has 2 N–H and O–H groups in total. The van der Waals surface area contributed by atoms with Crippen LogP contribution in [-0.2, 0) is 4.74 Å². The van der Waals surface area contributed by atoms with Crippen LogP contribution in [0.25, 0.3) is 0 Å². The summed E-state index contributed by atoms with van der Waals surface area (Å²) in [6.45, 7) is 13.2. The second-order valence-electron chi connectivity index (χ2n) is 7.52. The van der Waals surface area contributed by atoms with E-state index in [2.05, 4.69) is 34.6 Å². The maximum absolute atomic E-state index is 6.30. The molecule has 1 saturated carbocycles. The molecule has 114 valence electrons. The third kappa shape index (κ3) is 4.75. The topological polar surface area (TPSA) is 35.2 Å². The molecule has 0 bridgehead atoms. The minimum atomic E-state index is -0.0235. The Balaban J connectivity index is 2.51. The van der Waals surface area contributed by atoms with E-state index in [1.165, 1.54) is 25.7 Å². The third-order valence-corrected chi connectivity index (χ3v) is 5.27. The molecule has 0 atom stereocenters. The molecule has 0 aromatic rings. The smallest absolute Gasteiger partial charge is 0.0804 e. The van der Waals surface area contributed by atoms with Crippen molar-refractivity contribution in [3.05, 3.63) is 0 Å². The lowest BCUT2D eigenvalue weighted by Crippen LogP contribution is -2.46. The van der Waals surface area contributed by atoms with Gasteiger partial charge < -0.3 is 10.5 Å². The number of nitrogens with two attached hydrogens (primary N) is 1. The lowest BCUT2D eigenvalue weighted by atomic mass is 9.68. The minimum absolute atomic E-state index is 0.0235. The zero-order chi connectivity index (χ0) is 14.5. The van der Waals surface area contributed by atoms with Gasteiger partial charge in [-0.2, -0.15) is 0 Å². The van der Waals surface area contributed by atoms with Gasteiger partial charge in [0.15, 0.2) is 0 Å². The van der Waals surface area contributed by atoms with Gasteiger partial charge in [0.2, 0.25) is 0 Å². The number of rotatable bonds is 6. The van der Waals surface area contributed by atoms with Gasteiger partial charge >= 0.3 is 0 Å². The molecule has 2 nitrogen and oxygen atoms in total. The number of hydrogen-bond donors (Lipinski definition) is 1. The van der Waals surface area contributed by atoms with Crippen molar-refractivity contribution in [2.45, 2.75) is 78.7 Å². The second kappa shape index (κ2) is 7.08. The lowest BCUT2D eigenvalue weighted by molar-refractivity contribution is -0.0919.